The average molecular weight is 241 g/mol. The van der Waals surface area contributed by atoms with Gasteiger partial charge < -0.3 is 5.32 Å². The van der Waals surface area contributed by atoms with Gasteiger partial charge in [0.25, 0.3) is 0 Å². The van der Waals surface area contributed by atoms with Gasteiger partial charge in [-0.1, -0.05) is 25.4 Å². The van der Waals surface area contributed by atoms with E-state index in [1.54, 1.807) is 6.20 Å². The van der Waals surface area contributed by atoms with E-state index in [1.165, 1.54) is 0 Å². The molecular formula is C12H17ClN2O. The van der Waals surface area contributed by atoms with Crippen molar-refractivity contribution in [1.29, 1.82) is 0 Å². The molecule has 1 N–H and O–H groups in total. The maximum Gasteiger partial charge on any atom is 0.224 e. The number of pyridine rings is 1. The average Bonchev–Trinajstić information content (AvgIpc) is 2.21. The second kappa shape index (κ2) is 5.85. The maximum absolute atomic E-state index is 11.5. The minimum atomic E-state index is 0.0252. The molecule has 0 aliphatic heterocycles. The summed E-state index contributed by atoms with van der Waals surface area (Å²) in [6.45, 7) is 6.06. The van der Waals surface area contributed by atoms with E-state index in [9.17, 15) is 4.79 Å². The molecule has 0 spiro atoms. The van der Waals surface area contributed by atoms with Crippen molar-refractivity contribution in [3.63, 3.8) is 0 Å². The largest absolute Gasteiger partial charge is 0.325 e. The summed E-state index contributed by atoms with van der Waals surface area (Å²) in [7, 11) is 0. The number of hydrogen-bond acceptors (Lipinski definition) is 2. The van der Waals surface area contributed by atoms with Gasteiger partial charge in [-0.2, -0.15) is 0 Å². The Hall–Kier alpha value is -1.09. The third-order valence-corrected chi connectivity index (χ3v) is 2.64. The number of aromatic nitrogens is 1. The van der Waals surface area contributed by atoms with Crippen LogP contribution in [-0.2, 0) is 4.79 Å². The summed E-state index contributed by atoms with van der Waals surface area (Å²) in [6, 6.07) is 1.82. The predicted octanol–water partition coefficient (Wildman–Crippen LogP) is 3.42. The Morgan fingerprint density at radius 2 is 2.25 bits per heavy atom. The second-order valence-corrected chi connectivity index (χ2v) is 4.67. The van der Waals surface area contributed by atoms with E-state index >= 15 is 0 Å². The maximum atomic E-state index is 11.5. The molecular weight excluding hydrogens is 224 g/mol. The molecule has 0 aliphatic carbocycles. The number of halogens is 1. The number of rotatable bonds is 4. The third-order valence-electron chi connectivity index (χ3n) is 2.25. The summed E-state index contributed by atoms with van der Waals surface area (Å²) in [5.41, 5.74) is 1.57. The van der Waals surface area contributed by atoms with Crippen molar-refractivity contribution in [3.8, 4) is 0 Å². The first kappa shape index (κ1) is 13.0. The zero-order valence-corrected chi connectivity index (χ0v) is 10.6. The first-order valence-electron chi connectivity index (χ1n) is 5.41. The number of carbonyl (C=O) groups excluding carboxylic acids is 1. The van der Waals surface area contributed by atoms with Crippen LogP contribution in [0.2, 0.25) is 5.15 Å². The van der Waals surface area contributed by atoms with Gasteiger partial charge in [0, 0.05) is 6.42 Å². The van der Waals surface area contributed by atoms with Gasteiger partial charge in [0.2, 0.25) is 5.91 Å². The highest BCUT2D eigenvalue weighted by Gasteiger charge is 2.05. The molecule has 0 radical (unpaired) electrons. The van der Waals surface area contributed by atoms with Crippen LogP contribution >= 0.6 is 11.6 Å². The molecule has 16 heavy (non-hydrogen) atoms. The fourth-order valence-electron chi connectivity index (χ4n) is 1.27. The van der Waals surface area contributed by atoms with E-state index in [2.05, 4.69) is 24.1 Å². The number of amides is 1. The fourth-order valence-corrected chi connectivity index (χ4v) is 1.37. The number of nitrogens with one attached hydrogen (secondary N) is 1. The predicted molar refractivity (Wildman–Crippen MR) is 66.7 cm³/mol. The fraction of sp³-hybridized carbons (Fsp3) is 0.500. The Labute approximate surface area is 101 Å². The van der Waals surface area contributed by atoms with Crippen molar-refractivity contribution in [2.45, 2.75) is 33.6 Å². The Morgan fingerprint density at radius 3 is 2.81 bits per heavy atom. The van der Waals surface area contributed by atoms with Gasteiger partial charge >= 0.3 is 0 Å². The molecule has 0 fully saturated rings. The van der Waals surface area contributed by atoms with E-state index in [1.807, 2.05) is 13.0 Å². The Bertz CT molecular complexity index is 377. The van der Waals surface area contributed by atoms with Crippen molar-refractivity contribution in [3.05, 3.63) is 23.0 Å². The molecule has 1 aromatic rings. The SMILES string of the molecule is Cc1cc(NC(=O)CCC(C)C)cnc1Cl. The van der Waals surface area contributed by atoms with Crippen LogP contribution in [0.5, 0.6) is 0 Å². The molecule has 0 saturated heterocycles. The summed E-state index contributed by atoms with van der Waals surface area (Å²) < 4.78 is 0. The molecule has 4 heteroatoms. The minimum absolute atomic E-state index is 0.0252. The van der Waals surface area contributed by atoms with Crippen molar-refractivity contribution >= 4 is 23.2 Å². The molecule has 0 unspecified atom stereocenters. The third kappa shape index (κ3) is 4.19. The first-order chi connectivity index (χ1) is 7.49. The molecule has 0 bridgehead atoms. The van der Waals surface area contributed by atoms with Crippen LogP contribution in [0.15, 0.2) is 12.3 Å². The lowest BCUT2D eigenvalue weighted by molar-refractivity contribution is -0.116. The molecule has 1 rings (SSSR count). The Morgan fingerprint density at radius 1 is 1.56 bits per heavy atom. The van der Waals surface area contributed by atoms with E-state index in [-0.39, 0.29) is 5.91 Å². The van der Waals surface area contributed by atoms with Gasteiger partial charge in [0.1, 0.15) is 5.15 Å². The highest BCUT2D eigenvalue weighted by Crippen LogP contribution is 2.16. The lowest BCUT2D eigenvalue weighted by atomic mass is 10.1. The van der Waals surface area contributed by atoms with Crippen molar-refractivity contribution < 1.29 is 4.79 Å². The molecule has 0 atom stereocenters. The quantitative estimate of drug-likeness (QED) is 0.820. The molecule has 1 amide bonds. The topological polar surface area (TPSA) is 42.0 Å². The highest BCUT2D eigenvalue weighted by atomic mass is 35.5. The Balaban J connectivity index is 2.53. The summed E-state index contributed by atoms with van der Waals surface area (Å²) in [5.74, 6) is 0.563. The zero-order chi connectivity index (χ0) is 12.1. The smallest absolute Gasteiger partial charge is 0.224 e. The minimum Gasteiger partial charge on any atom is -0.325 e. The normalized spacial score (nSPS) is 10.6. The van der Waals surface area contributed by atoms with Crippen LogP contribution < -0.4 is 5.32 Å². The van der Waals surface area contributed by atoms with Crippen molar-refractivity contribution in [2.24, 2.45) is 5.92 Å². The van der Waals surface area contributed by atoms with Gasteiger partial charge in [-0.3, -0.25) is 4.79 Å². The van der Waals surface area contributed by atoms with E-state index in [0.29, 0.717) is 23.2 Å². The van der Waals surface area contributed by atoms with Crippen LogP contribution in [0.4, 0.5) is 5.69 Å². The number of anilines is 1. The van der Waals surface area contributed by atoms with Crippen LogP contribution in [0.25, 0.3) is 0 Å². The summed E-state index contributed by atoms with van der Waals surface area (Å²) in [5, 5.41) is 3.28. The Kier molecular flexibility index (Phi) is 4.74. The number of nitrogens with zero attached hydrogens (tertiary/aromatic N) is 1. The standard InChI is InChI=1S/C12H17ClN2O/c1-8(2)4-5-11(16)15-10-6-9(3)12(13)14-7-10/h6-8H,4-5H2,1-3H3,(H,15,16). The summed E-state index contributed by atoms with van der Waals surface area (Å²) in [4.78, 5) is 15.5. The van der Waals surface area contributed by atoms with Crippen molar-refractivity contribution in [1.82, 2.24) is 4.98 Å². The van der Waals surface area contributed by atoms with E-state index < -0.39 is 0 Å². The highest BCUT2D eigenvalue weighted by molar-refractivity contribution is 6.30. The van der Waals surface area contributed by atoms with Crippen LogP contribution in [0, 0.1) is 12.8 Å². The number of hydrogen-bond donors (Lipinski definition) is 1. The molecule has 0 aromatic carbocycles. The zero-order valence-electron chi connectivity index (χ0n) is 9.88. The molecule has 1 heterocycles. The number of aryl methyl sites for hydroxylation is 1. The molecule has 3 nitrogen and oxygen atoms in total. The van der Waals surface area contributed by atoms with Crippen LogP contribution in [0.1, 0.15) is 32.3 Å². The van der Waals surface area contributed by atoms with E-state index in [0.717, 1.165) is 12.0 Å². The van der Waals surface area contributed by atoms with Gasteiger partial charge in [0.05, 0.1) is 11.9 Å². The summed E-state index contributed by atoms with van der Waals surface area (Å²) >= 11 is 5.80. The monoisotopic (exact) mass is 240 g/mol. The van der Waals surface area contributed by atoms with Crippen LogP contribution in [0.3, 0.4) is 0 Å². The first-order valence-corrected chi connectivity index (χ1v) is 5.79. The lowest BCUT2D eigenvalue weighted by Crippen LogP contribution is -2.12. The number of carbonyl (C=O) groups is 1. The molecule has 88 valence electrons. The van der Waals surface area contributed by atoms with Gasteiger partial charge in [-0.05, 0) is 30.9 Å². The van der Waals surface area contributed by atoms with Gasteiger partial charge in [0.15, 0.2) is 0 Å². The second-order valence-electron chi connectivity index (χ2n) is 4.31. The summed E-state index contributed by atoms with van der Waals surface area (Å²) in [6.07, 6.45) is 3.01. The molecule has 0 aliphatic rings. The van der Waals surface area contributed by atoms with Gasteiger partial charge in [-0.25, -0.2) is 4.98 Å². The molecule has 1 aromatic heterocycles. The van der Waals surface area contributed by atoms with Crippen molar-refractivity contribution in [2.75, 3.05) is 5.32 Å². The van der Waals surface area contributed by atoms with Crippen LogP contribution in [-0.4, -0.2) is 10.9 Å². The van der Waals surface area contributed by atoms with Gasteiger partial charge in [-0.15, -0.1) is 0 Å². The molecule has 0 saturated carbocycles. The van der Waals surface area contributed by atoms with E-state index in [4.69, 9.17) is 11.6 Å². The lowest BCUT2D eigenvalue weighted by Gasteiger charge is -2.07.